The summed E-state index contributed by atoms with van der Waals surface area (Å²) in [6, 6.07) is 12.8. The number of amides is 2. The van der Waals surface area contributed by atoms with Crippen LogP contribution in [0.2, 0.25) is 0 Å². The molecule has 2 aliphatic rings. The van der Waals surface area contributed by atoms with E-state index in [2.05, 4.69) is 21.3 Å². The molecule has 2 amide bonds. The Kier molecular flexibility index (Phi) is 9.76. The minimum atomic E-state index is -4.32. The van der Waals surface area contributed by atoms with Crippen molar-refractivity contribution in [3.05, 3.63) is 65.5 Å². The van der Waals surface area contributed by atoms with Crippen LogP contribution in [-0.4, -0.2) is 60.7 Å². The Bertz CT molecular complexity index is 1130. The van der Waals surface area contributed by atoms with Crippen molar-refractivity contribution < 1.29 is 27.9 Å². The summed E-state index contributed by atoms with van der Waals surface area (Å²) < 4.78 is 53.3. The third kappa shape index (κ3) is 8.91. The van der Waals surface area contributed by atoms with E-state index in [-0.39, 0.29) is 36.9 Å². The number of anilines is 1. The number of hydrogen-bond donors (Lipinski definition) is 4. The van der Waals surface area contributed by atoms with Gasteiger partial charge in [-0.2, -0.15) is 13.2 Å². The average molecular weight is 551 g/mol. The van der Waals surface area contributed by atoms with Crippen LogP contribution < -0.4 is 21.7 Å². The Balaban J connectivity index is 1.34. The highest BCUT2D eigenvalue weighted by molar-refractivity contribution is 6.00. The molecule has 0 aromatic heterocycles. The number of carbonyl (C=O) groups excluding carboxylic acids is 1. The highest BCUT2D eigenvalue weighted by Gasteiger charge is 2.34. The Morgan fingerprint density at radius 2 is 1.95 bits per heavy atom. The summed E-state index contributed by atoms with van der Waals surface area (Å²) in [5.41, 5.74) is 6.85. The summed E-state index contributed by atoms with van der Waals surface area (Å²) in [6.07, 6.45) is 0.0782. The maximum Gasteiger partial charge on any atom is 0.401 e. The molecule has 1 saturated carbocycles. The van der Waals surface area contributed by atoms with E-state index in [4.69, 9.17) is 0 Å². The Morgan fingerprint density at radius 3 is 2.67 bits per heavy atom. The second-order valence-corrected chi connectivity index (χ2v) is 10.2. The number of benzene rings is 2. The number of nitrogens with zero attached hydrogens (tertiary/aromatic N) is 3. The number of nitrogens with two attached hydrogens (primary N) is 1. The van der Waals surface area contributed by atoms with Gasteiger partial charge in [-0.15, -0.1) is 5.53 Å². The third-order valence-corrected chi connectivity index (χ3v) is 7.11. The van der Waals surface area contributed by atoms with E-state index in [1.165, 1.54) is 17.0 Å². The molecule has 1 aliphatic heterocycles. The number of quaternary nitrogens is 1. The Hall–Kier alpha value is -3.22. The fourth-order valence-corrected chi connectivity index (χ4v) is 5.26. The number of aryl methyl sites for hydroxylation is 1. The van der Waals surface area contributed by atoms with Gasteiger partial charge in [0.15, 0.2) is 0 Å². The molecule has 0 bridgehead atoms. The minimum absolute atomic E-state index is 0.0906. The maximum absolute atomic E-state index is 13.4. The largest absolute Gasteiger partial charge is 0.401 e. The highest BCUT2D eigenvalue weighted by Crippen LogP contribution is 2.27. The van der Waals surface area contributed by atoms with Crippen molar-refractivity contribution in [2.75, 3.05) is 32.0 Å². The zero-order chi connectivity index (χ0) is 27.8. The van der Waals surface area contributed by atoms with E-state index in [9.17, 15) is 22.4 Å². The number of nitrogens with one attached hydrogen (secondary N) is 3. The van der Waals surface area contributed by atoms with Crippen molar-refractivity contribution in [1.29, 1.82) is 0 Å². The summed E-state index contributed by atoms with van der Waals surface area (Å²) in [6.45, 7) is -0.480. The molecular weight excluding hydrogens is 514 g/mol. The van der Waals surface area contributed by atoms with Crippen LogP contribution in [0.5, 0.6) is 0 Å². The van der Waals surface area contributed by atoms with Crippen molar-refractivity contribution in [1.82, 2.24) is 20.8 Å². The molecule has 1 aliphatic carbocycles. The van der Waals surface area contributed by atoms with E-state index in [0.29, 0.717) is 18.5 Å². The molecule has 0 spiro atoms. The molecule has 5 N–H and O–H groups in total. The maximum atomic E-state index is 13.4. The minimum Gasteiger partial charge on any atom is -0.335 e. The summed E-state index contributed by atoms with van der Waals surface area (Å²) in [4.78, 5) is 14.3. The first kappa shape index (κ1) is 28.8. The molecule has 2 atom stereocenters. The van der Waals surface area contributed by atoms with Crippen LogP contribution in [0.1, 0.15) is 43.2 Å². The van der Waals surface area contributed by atoms with Crippen LogP contribution in [0.3, 0.4) is 0 Å². The fourth-order valence-electron chi connectivity index (χ4n) is 5.26. The van der Waals surface area contributed by atoms with Gasteiger partial charge in [0.1, 0.15) is 5.82 Å². The normalized spacial score (nSPS) is 19.7. The van der Waals surface area contributed by atoms with Gasteiger partial charge in [-0.1, -0.05) is 37.1 Å². The summed E-state index contributed by atoms with van der Waals surface area (Å²) in [5.74, 6) is 0.291. The number of carbonyl (C=O) groups is 1. The number of alkyl halides is 3. The topological polar surface area (TPSA) is 88.6 Å². The second kappa shape index (κ2) is 13.2. The number of urea groups is 1. The van der Waals surface area contributed by atoms with Crippen molar-refractivity contribution in [3.63, 3.8) is 0 Å². The lowest BCUT2D eigenvalue weighted by Crippen LogP contribution is -2.87. The molecule has 1 heterocycles. The molecule has 0 radical (unpaired) electrons. The lowest BCUT2D eigenvalue weighted by Gasteiger charge is -2.36. The van der Waals surface area contributed by atoms with Gasteiger partial charge in [-0.05, 0) is 78.6 Å². The number of rotatable bonds is 10. The van der Waals surface area contributed by atoms with E-state index < -0.39 is 12.7 Å². The molecule has 0 saturated heterocycles. The first-order chi connectivity index (χ1) is 18.7. The number of amidine groups is 1. The Labute approximate surface area is 225 Å². The predicted octanol–water partition coefficient (Wildman–Crippen LogP) is 3.59. The first-order valence-electron chi connectivity index (χ1n) is 13.3. The summed E-state index contributed by atoms with van der Waals surface area (Å²) >= 11 is 0. The van der Waals surface area contributed by atoms with Crippen LogP contribution in [0.4, 0.5) is 28.0 Å². The third-order valence-electron chi connectivity index (χ3n) is 7.11. The second-order valence-electron chi connectivity index (χ2n) is 10.2. The molecule has 4 rings (SSSR count). The predicted molar refractivity (Wildman–Crippen MR) is 141 cm³/mol. The molecule has 8 nitrogen and oxygen atoms in total. The van der Waals surface area contributed by atoms with E-state index in [1.54, 1.807) is 28.7 Å². The molecule has 39 heavy (non-hydrogen) atoms. The van der Waals surface area contributed by atoms with Crippen LogP contribution in [-0.2, 0) is 6.42 Å². The monoisotopic (exact) mass is 550 g/mol. The van der Waals surface area contributed by atoms with Crippen LogP contribution >= 0.6 is 0 Å². The molecule has 212 valence electrons. The summed E-state index contributed by atoms with van der Waals surface area (Å²) in [5, 5.41) is 11.9. The fraction of sp³-hybridized carbons (Fsp3) is 0.481. The van der Waals surface area contributed by atoms with Gasteiger partial charge in [-0.25, -0.2) is 14.2 Å². The van der Waals surface area contributed by atoms with Crippen LogP contribution in [0.25, 0.3) is 0 Å². The van der Waals surface area contributed by atoms with Crippen LogP contribution in [0, 0.1) is 11.7 Å². The van der Waals surface area contributed by atoms with Crippen LogP contribution in [0.15, 0.2) is 53.6 Å². The molecular formula is C27H36F4N7O+. The SMILES string of the molecule is CN1N[NH2+]N=C1c1cccc(NC(=O)N[C@@H]2CCCC[C@H]2CN(CCCc2ccc(F)cc2)CC(F)(F)F)c1. The lowest BCUT2D eigenvalue weighted by molar-refractivity contribution is -0.724. The van der Waals surface area contributed by atoms with Gasteiger partial charge in [-0.3, -0.25) is 4.90 Å². The molecule has 0 unspecified atom stereocenters. The zero-order valence-electron chi connectivity index (χ0n) is 22.0. The number of halogens is 4. The van der Waals surface area contributed by atoms with Gasteiger partial charge in [0.05, 0.1) is 6.54 Å². The van der Waals surface area contributed by atoms with Crippen molar-refractivity contribution in [3.8, 4) is 0 Å². The molecule has 1 fully saturated rings. The van der Waals surface area contributed by atoms with Gasteiger partial charge in [0.25, 0.3) is 0 Å². The molecule has 2 aromatic carbocycles. The number of hydrogen-bond acceptors (Lipinski definition) is 5. The van der Waals surface area contributed by atoms with Crippen molar-refractivity contribution in [2.45, 2.75) is 50.7 Å². The Morgan fingerprint density at radius 1 is 1.18 bits per heavy atom. The molecule has 12 heteroatoms. The van der Waals surface area contributed by atoms with Gasteiger partial charge in [0, 0.05) is 30.9 Å². The quantitative estimate of drug-likeness (QED) is 0.269. The standard InChI is InChI=1S/C27H35F4N7O/c1-37-25(34-35-36-37)20-8-4-9-23(16-20)32-26(39)33-24-10-3-2-7-21(24)17-38(18-27(29,30)31)15-5-6-19-11-13-22(28)14-12-19/h4,8-9,11-14,16,21,24,35-36H,2-3,5-7,10,15,17-18H2,1H3,(H2,32,33,39)/p+1/t21-,24+/m0/s1. The van der Waals surface area contributed by atoms with E-state index in [1.807, 2.05) is 25.2 Å². The van der Waals surface area contributed by atoms with Gasteiger partial charge >= 0.3 is 12.2 Å². The number of hydrazine groups is 1. The zero-order valence-corrected chi connectivity index (χ0v) is 22.0. The molecule has 2 aromatic rings. The van der Waals surface area contributed by atoms with E-state index >= 15 is 0 Å². The van der Waals surface area contributed by atoms with Gasteiger partial charge < -0.3 is 10.6 Å². The van der Waals surface area contributed by atoms with Crippen molar-refractivity contribution >= 4 is 17.6 Å². The lowest BCUT2D eigenvalue weighted by atomic mass is 9.84. The van der Waals surface area contributed by atoms with Crippen molar-refractivity contribution in [2.24, 2.45) is 11.0 Å². The highest BCUT2D eigenvalue weighted by atomic mass is 19.4. The summed E-state index contributed by atoms with van der Waals surface area (Å²) in [7, 11) is 1.84. The smallest absolute Gasteiger partial charge is 0.335 e. The van der Waals surface area contributed by atoms with Gasteiger partial charge in [0.2, 0.25) is 5.84 Å². The average Bonchev–Trinajstić information content (AvgIpc) is 3.31. The van der Waals surface area contributed by atoms with E-state index in [0.717, 1.165) is 42.6 Å². The first-order valence-corrected chi connectivity index (χ1v) is 13.3.